The Labute approximate surface area is 131 Å². The molecule has 0 heterocycles. The highest BCUT2D eigenvalue weighted by atomic mass is 31.1. The summed E-state index contributed by atoms with van der Waals surface area (Å²) in [6, 6.07) is 17.7. The number of benzene rings is 2. The van der Waals surface area contributed by atoms with Gasteiger partial charge in [-0.1, -0.05) is 90.1 Å². The fourth-order valence-corrected chi connectivity index (χ4v) is 4.18. The average molecular weight is 297 g/mol. The van der Waals surface area contributed by atoms with Crippen molar-refractivity contribution < 1.29 is 0 Å². The number of rotatable bonds is 2. The van der Waals surface area contributed by atoms with Gasteiger partial charge < -0.3 is 0 Å². The predicted octanol–water partition coefficient (Wildman–Crippen LogP) is 5.18. The van der Waals surface area contributed by atoms with Crippen LogP contribution in [0.3, 0.4) is 0 Å². The quantitative estimate of drug-likeness (QED) is 0.670. The summed E-state index contributed by atoms with van der Waals surface area (Å²) in [5.41, 5.74) is 3.24. The smallest absolute Gasteiger partial charge is 0.00941 e. The molecule has 1 radical (unpaired) electrons. The van der Waals surface area contributed by atoms with Crippen molar-refractivity contribution in [2.75, 3.05) is 0 Å². The second-order valence-electron chi connectivity index (χ2n) is 7.65. The van der Waals surface area contributed by atoms with Crippen LogP contribution >= 0.6 is 8.58 Å². The van der Waals surface area contributed by atoms with Crippen LogP contribution in [0.5, 0.6) is 0 Å². The third-order valence-electron chi connectivity index (χ3n) is 3.67. The fourth-order valence-electron chi connectivity index (χ4n) is 2.54. The molecule has 21 heavy (non-hydrogen) atoms. The van der Waals surface area contributed by atoms with Crippen molar-refractivity contribution in [2.24, 2.45) is 0 Å². The molecule has 2 rings (SSSR count). The van der Waals surface area contributed by atoms with E-state index in [0.29, 0.717) is 0 Å². The van der Waals surface area contributed by atoms with Gasteiger partial charge in [-0.3, -0.25) is 0 Å². The van der Waals surface area contributed by atoms with Crippen molar-refractivity contribution >= 4 is 19.2 Å². The van der Waals surface area contributed by atoms with Crippen molar-refractivity contribution in [3.8, 4) is 0 Å². The van der Waals surface area contributed by atoms with Gasteiger partial charge in [0.2, 0.25) is 0 Å². The zero-order chi connectivity index (χ0) is 15.7. The molecule has 1 heteroatoms. The van der Waals surface area contributed by atoms with E-state index in [1.807, 2.05) is 0 Å². The lowest BCUT2D eigenvalue weighted by atomic mass is 9.87. The molecule has 0 atom stereocenters. The summed E-state index contributed by atoms with van der Waals surface area (Å²) in [6.07, 6.45) is 0. The Morgan fingerprint density at radius 3 is 1.24 bits per heavy atom. The maximum absolute atomic E-state index is 2.29. The van der Waals surface area contributed by atoms with Crippen molar-refractivity contribution in [1.82, 2.24) is 0 Å². The zero-order valence-electron chi connectivity index (χ0n) is 14.1. The van der Waals surface area contributed by atoms with E-state index in [0.717, 1.165) is 0 Å². The highest BCUT2D eigenvalue weighted by Crippen LogP contribution is 2.29. The van der Waals surface area contributed by atoms with E-state index in [4.69, 9.17) is 0 Å². The lowest BCUT2D eigenvalue weighted by Gasteiger charge is -2.25. The maximum atomic E-state index is 2.29. The highest BCUT2D eigenvalue weighted by Gasteiger charge is 2.21. The molecule has 0 aliphatic rings. The Morgan fingerprint density at radius 1 is 0.571 bits per heavy atom. The van der Waals surface area contributed by atoms with Crippen LogP contribution in [0.1, 0.15) is 52.7 Å². The third-order valence-corrected chi connectivity index (χ3v) is 4.93. The van der Waals surface area contributed by atoms with Gasteiger partial charge in [-0.15, -0.1) is 0 Å². The molecule has 0 N–H and O–H groups in total. The van der Waals surface area contributed by atoms with Gasteiger partial charge >= 0.3 is 0 Å². The first kappa shape index (κ1) is 16.2. The normalized spacial score (nSPS) is 12.5. The summed E-state index contributed by atoms with van der Waals surface area (Å²) in [6.45, 7) is 13.7. The molecule has 111 valence electrons. The molecule has 0 saturated carbocycles. The van der Waals surface area contributed by atoms with Gasteiger partial charge in [0.05, 0.1) is 0 Å². The van der Waals surface area contributed by atoms with E-state index in [9.17, 15) is 0 Å². The van der Waals surface area contributed by atoms with Crippen LogP contribution in [-0.4, -0.2) is 0 Å². The fraction of sp³-hybridized carbons (Fsp3) is 0.400. The average Bonchev–Trinajstić information content (AvgIpc) is 2.37. The second kappa shape index (κ2) is 5.93. The van der Waals surface area contributed by atoms with Crippen LogP contribution in [0.25, 0.3) is 0 Å². The summed E-state index contributed by atoms with van der Waals surface area (Å²) >= 11 is 0. The van der Waals surface area contributed by atoms with Crippen LogP contribution < -0.4 is 10.6 Å². The van der Waals surface area contributed by atoms with Gasteiger partial charge in [0.1, 0.15) is 0 Å². The van der Waals surface area contributed by atoms with Gasteiger partial charge in [-0.25, -0.2) is 0 Å². The van der Waals surface area contributed by atoms with Gasteiger partial charge in [-0.2, -0.15) is 0 Å². The van der Waals surface area contributed by atoms with E-state index in [1.165, 1.54) is 30.3 Å². The molecule has 2 aromatic rings. The van der Waals surface area contributed by atoms with Crippen molar-refractivity contribution in [3.63, 3.8) is 0 Å². The molecule has 0 bridgehead atoms. The molecular formula is C20H26P. The Balaban J connectivity index is 2.45. The Hall–Kier alpha value is -1.13. The minimum absolute atomic E-state index is 0.181. The molecule has 0 unspecified atom stereocenters. The summed E-state index contributed by atoms with van der Waals surface area (Å²) in [5.74, 6) is 0. The third kappa shape index (κ3) is 3.95. The van der Waals surface area contributed by atoms with Crippen molar-refractivity contribution in [1.29, 1.82) is 0 Å². The molecule has 0 aliphatic heterocycles. The van der Waals surface area contributed by atoms with Gasteiger partial charge in [0.15, 0.2) is 0 Å². The summed E-state index contributed by atoms with van der Waals surface area (Å²) in [7, 11) is 1.31. The first-order valence-electron chi connectivity index (χ1n) is 7.60. The number of hydrogen-bond donors (Lipinski definition) is 0. The van der Waals surface area contributed by atoms with Gasteiger partial charge in [0.25, 0.3) is 0 Å². The highest BCUT2D eigenvalue weighted by molar-refractivity contribution is 7.55. The second-order valence-corrected chi connectivity index (χ2v) is 8.83. The molecule has 0 spiro atoms. The van der Waals surface area contributed by atoms with Crippen molar-refractivity contribution in [3.05, 3.63) is 59.7 Å². The molecule has 2 aromatic carbocycles. The zero-order valence-corrected chi connectivity index (χ0v) is 15.0. The van der Waals surface area contributed by atoms with Crippen LogP contribution in [-0.2, 0) is 10.8 Å². The van der Waals surface area contributed by atoms with Crippen LogP contribution in [0, 0.1) is 0 Å². The first-order valence-corrected chi connectivity index (χ1v) is 8.50. The minimum Gasteiger partial charge on any atom is -0.0619 e. The Bertz CT molecular complexity index is 557. The Kier molecular flexibility index (Phi) is 4.59. The largest absolute Gasteiger partial charge is 0.0619 e. The number of hydrogen-bond acceptors (Lipinski definition) is 0. The van der Waals surface area contributed by atoms with Gasteiger partial charge in [-0.05, 0) is 41.1 Å². The van der Waals surface area contributed by atoms with E-state index in [2.05, 4.69) is 90.1 Å². The van der Waals surface area contributed by atoms with E-state index < -0.39 is 0 Å². The predicted molar refractivity (Wildman–Crippen MR) is 96.5 cm³/mol. The molecule has 0 nitrogen and oxygen atoms in total. The SMILES string of the molecule is CC(C)(C)c1ccccc1[P]c1ccccc1C(C)(C)C. The monoisotopic (exact) mass is 297 g/mol. The molecule has 0 fully saturated rings. The molecule has 0 saturated heterocycles. The first-order chi connectivity index (χ1) is 9.69. The lowest BCUT2D eigenvalue weighted by Crippen LogP contribution is -2.24. The molecular weight excluding hydrogens is 271 g/mol. The summed E-state index contributed by atoms with van der Waals surface area (Å²) < 4.78 is 0. The van der Waals surface area contributed by atoms with Crippen molar-refractivity contribution in [2.45, 2.75) is 52.4 Å². The molecule has 0 aliphatic carbocycles. The minimum atomic E-state index is 0.181. The van der Waals surface area contributed by atoms with Crippen LogP contribution in [0.2, 0.25) is 0 Å². The van der Waals surface area contributed by atoms with E-state index in [-0.39, 0.29) is 10.8 Å². The topological polar surface area (TPSA) is 0 Å². The standard InChI is InChI=1S/C20H26P/c1-19(2,3)15-11-7-9-13-17(15)21-18-14-10-8-12-16(18)20(4,5)6/h7-14H,1-6H3. The van der Waals surface area contributed by atoms with Crippen LogP contribution in [0.15, 0.2) is 48.5 Å². The van der Waals surface area contributed by atoms with E-state index in [1.54, 1.807) is 0 Å². The summed E-state index contributed by atoms with van der Waals surface area (Å²) in [4.78, 5) is 0. The van der Waals surface area contributed by atoms with Gasteiger partial charge in [0, 0.05) is 0 Å². The summed E-state index contributed by atoms with van der Waals surface area (Å²) in [5, 5.41) is 2.84. The van der Waals surface area contributed by atoms with Crippen LogP contribution in [0.4, 0.5) is 0 Å². The van der Waals surface area contributed by atoms with E-state index >= 15 is 0 Å². The molecule has 0 amide bonds. The maximum Gasteiger partial charge on any atom is -0.00941 e. The molecule has 0 aromatic heterocycles. The lowest BCUT2D eigenvalue weighted by molar-refractivity contribution is 0.593. The Morgan fingerprint density at radius 2 is 0.905 bits per heavy atom.